The third-order valence-electron chi connectivity index (χ3n) is 2.20. The van der Waals surface area contributed by atoms with Crippen molar-refractivity contribution in [2.45, 2.75) is 0 Å². The van der Waals surface area contributed by atoms with Crippen molar-refractivity contribution in [3.05, 3.63) is 54.2 Å². The van der Waals surface area contributed by atoms with E-state index in [9.17, 15) is 14.7 Å². The molecule has 6 nitrogen and oxygen atoms in total. The molecule has 3 N–H and O–H groups in total. The van der Waals surface area contributed by atoms with Crippen molar-refractivity contribution in [1.29, 1.82) is 0 Å². The maximum atomic E-state index is 11.4. The molecule has 0 atom stereocenters. The van der Waals surface area contributed by atoms with Gasteiger partial charge in [-0.3, -0.25) is 9.78 Å². The first kappa shape index (κ1) is 13.6. The Morgan fingerprint density at radius 1 is 1.37 bits per heavy atom. The van der Waals surface area contributed by atoms with Gasteiger partial charge in [0.25, 0.3) is 5.56 Å². The number of phenolic OH excluding ortho intramolecular Hbond substituents is 1. The molecule has 0 fully saturated rings. The monoisotopic (exact) mass is 343 g/mol. The highest BCUT2D eigenvalue weighted by Crippen LogP contribution is 2.30. The number of hydrogen-bond acceptors (Lipinski definition) is 4. The number of nitrogens with one attached hydrogen (secondary N) is 2. The number of aliphatic imine (C=N–C) groups is 1. The van der Waals surface area contributed by atoms with Crippen LogP contribution in [-0.4, -0.2) is 21.3 Å². The first-order valence-electron chi connectivity index (χ1n) is 5.01. The van der Waals surface area contributed by atoms with Crippen molar-refractivity contribution >= 4 is 39.4 Å². The van der Waals surface area contributed by atoms with Crippen molar-refractivity contribution < 1.29 is 5.11 Å². The van der Waals surface area contributed by atoms with E-state index >= 15 is 0 Å². The molecule has 2 aromatic rings. The predicted molar refractivity (Wildman–Crippen MR) is 75.8 cm³/mol. The average Bonchev–Trinajstić information content (AvgIpc) is 2.33. The molecule has 2 rings (SSSR count). The predicted octanol–water partition coefficient (Wildman–Crippen LogP) is 1.94. The molecule has 1 aromatic carbocycles. The fraction of sp³-hybridized carbons (Fsp3) is 0. The van der Waals surface area contributed by atoms with Gasteiger partial charge in [0.1, 0.15) is 11.4 Å². The molecular weight excluding hydrogens is 337 g/mol. The molecule has 0 radical (unpaired) electrons. The standard InChI is InChI=1S/C11H7BrClN3O3/c12-7-2-6(13)1-5(9(7)17)3-14-8-4-15-11(19)16-10(8)18/h1-4,17H,(H2,15,16,18,19)/b14-3+. The summed E-state index contributed by atoms with van der Waals surface area (Å²) < 4.78 is 0.414. The third-order valence-corrected chi connectivity index (χ3v) is 3.02. The highest BCUT2D eigenvalue weighted by Gasteiger charge is 2.06. The summed E-state index contributed by atoms with van der Waals surface area (Å²) in [5.74, 6) is -0.0472. The topological polar surface area (TPSA) is 98.3 Å². The van der Waals surface area contributed by atoms with Gasteiger partial charge >= 0.3 is 5.69 Å². The summed E-state index contributed by atoms with van der Waals surface area (Å²) in [6.07, 6.45) is 2.45. The number of H-pyrrole nitrogens is 2. The second-order valence-corrected chi connectivity index (χ2v) is 4.83. The van der Waals surface area contributed by atoms with Gasteiger partial charge in [0.2, 0.25) is 0 Å². The largest absolute Gasteiger partial charge is 0.506 e. The van der Waals surface area contributed by atoms with E-state index in [1.165, 1.54) is 24.5 Å². The normalized spacial score (nSPS) is 11.1. The van der Waals surface area contributed by atoms with Crippen molar-refractivity contribution in [2.24, 2.45) is 4.99 Å². The average molecular weight is 345 g/mol. The minimum Gasteiger partial charge on any atom is -0.506 e. The number of nitrogens with zero attached hydrogens (tertiary/aromatic N) is 1. The molecular formula is C11H7BrClN3O3. The molecule has 0 spiro atoms. The number of benzene rings is 1. The van der Waals surface area contributed by atoms with Crippen LogP contribution in [0.4, 0.5) is 5.69 Å². The SMILES string of the molecule is O=c1[nH]cc(/N=C/c2cc(Cl)cc(Br)c2O)c(=O)[nH]1. The van der Waals surface area contributed by atoms with Gasteiger partial charge in [0.05, 0.1) is 4.47 Å². The second-order valence-electron chi connectivity index (χ2n) is 3.54. The molecule has 0 saturated carbocycles. The number of hydrogen-bond donors (Lipinski definition) is 3. The van der Waals surface area contributed by atoms with E-state index in [1.807, 2.05) is 4.98 Å². The van der Waals surface area contributed by atoms with Crippen LogP contribution in [0.1, 0.15) is 5.56 Å². The fourth-order valence-electron chi connectivity index (χ4n) is 1.32. The lowest BCUT2D eigenvalue weighted by molar-refractivity contribution is 0.471. The minimum absolute atomic E-state index is 0.00935. The Labute approximate surface area is 119 Å². The van der Waals surface area contributed by atoms with E-state index in [0.717, 1.165) is 0 Å². The van der Waals surface area contributed by atoms with E-state index in [-0.39, 0.29) is 11.4 Å². The van der Waals surface area contributed by atoms with E-state index in [2.05, 4.69) is 25.9 Å². The summed E-state index contributed by atoms with van der Waals surface area (Å²) in [5, 5.41) is 10.2. The second kappa shape index (κ2) is 5.41. The van der Waals surface area contributed by atoms with Crippen LogP contribution in [0.3, 0.4) is 0 Å². The molecule has 0 saturated heterocycles. The van der Waals surface area contributed by atoms with Crippen LogP contribution in [0.25, 0.3) is 0 Å². The number of aromatic hydroxyl groups is 1. The van der Waals surface area contributed by atoms with Gasteiger partial charge < -0.3 is 10.1 Å². The summed E-state index contributed by atoms with van der Waals surface area (Å²) in [5.41, 5.74) is -0.891. The molecule has 0 unspecified atom stereocenters. The number of phenols is 1. The zero-order chi connectivity index (χ0) is 14.0. The Morgan fingerprint density at radius 3 is 2.79 bits per heavy atom. The Morgan fingerprint density at radius 2 is 2.11 bits per heavy atom. The molecule has 8 heteroatoms. The number of aromatic amines is 2. The Kier molecular flexibility index (Phi) is 3.87. The first-order chi connectivity index (χ1) is 8.97. The Hall–Kier alpha value is -1.86. The number of rotatable bonds is 2. The zero-order valence-electron chi connectivity index (χ0n) is 9.28. The number of halogens is 2. The molecule has 19 heavy (non-hydrogen) atoms. The van der Waals surface area contributed by atoms with Crippen LogP contribution >= 0.6 is 27.5 Å². The molecule has 0 aliphatic rings. The van der Waals surface area contributed by atoms with Gasteiger partial charge in [-0.25, -0.2) is 9.79 Å². The number of aromatic nitrogens is 2. The molecule has 1 heterocycles. The van der Waals surface area contributed by atoms with Gasteiger partial charge in [0.15, 0.2) is 0 Å². The molecule has 1 aromatic heterocycles. The van der Waals surface area contributed by atoms with Gasteiger partial charge in [-0.1, -0.05) is 11.6 Å². The Bertz CT molecular complexity index is 767. The summed E-state index contributed by atoms with van der Waals surface area (Å²) >= 11 is 8.97. The van der Waals surface area contributed by atoms with Crippen LogP contribution in [-0.2, 0) is 0 Å². The molecule has 0 aliphatic heterocycles. The van der Waals surface area contributed by atoms with E-state index < -0.39 is 11.2 Å². The summed E-state index contributed by atoms with van der Waals surface area (Å²) in [6, 6.07) is 3.02. The molecule has 0 amide bonds. The summed E-state index contributed by atoms with van der Waals surface area (Å²) in [7, 11) is 0. The molecule has 0 bridgehead atoms. The summed E-state index contributed by atoms with van der Waals surface area (Å²) in [4.78, 5) is 30.4. The zero-order valence-corrected chi connectivity index (χ0v) is 11.6. The van der Waals surface area contributed by atoms with Crippen molar-refractivity contribution in [2.75, 3.05) is 0 Å². The van der Waals surface area contributed by atoms with Crippen LogP contribution in [0, 0.1) is 0 Å². The Balaban J connectivity index is 2.43. The minimum atomic E-state index is -0.624. The van der Waals surface area contributed by atoms with E-state index in [1.54, 1.807) is 0 Å². The molecule has 0 aliphatic carbocycles. The van der Waals surface area contributed by atoms with Gasteiger partial charge in [0, 0.05) is 23.0 Å². The van der Waals surface area contributed by atoms with Crippen molar-refractivity contribution in [3.8, 4) is 5.75 Å². The van der Waals surface area contributed by atoms with Crippen LogP contribution < -0.4 is 11.2 Å². The van der Waals surface area contributed by atoms with Crippen LogP contribution in [0.5, 0.6) is 5.75 Å². The van der Waals surface area contributed by atoms with Crippen molar-refractivity contribution in [3.63, 3.8) is 0 Å². The van der Waals surface area contributed by atoms with Crippen LogP contribution in [0.15, 0.2) is 37.4 Å². The highest BCUT2D eigenvalue weighted by molar-refractivity contribution is 9.10. The van der Waals surface area contributed by atoms with Gasteiger partial charge in [-0.15, -0.1) is 0 Å². The maximum absolute atomic E-state index is 11.4. The lowest BCUT2D eigenvalue weighted by atomic mass is 10.2. The van der Waals surface area contributed by atoms with Crippen LogP contribution in [0.2, 0.25) is 5.02 Å². The summed E-state index contributed by atoms with van der Waals surface area (Å²) in [6.45, 7) is 0. The van der Waals surface area contributed by atoms with Gasteiger partial charge in [-0.2, -0.15) is 0 Å². The highest BCUT2D eigenvalue weighted by atomic mass is 79.9. The fourth-order valence-corrected chi connectivity index (χ4v) is 2.16. The maximum Gasteiger partial charge on any atom is 0.325 e. The third kappa shape index (κ3) is 3.12. The first-order valence-corrected chi connectivity index (χ1v) is 6.18. The van der Waals surface area contributed by atoms with Gasteiger partial charge in [-0.05, 0) is 28.1 Å². The lowest BCUT2D eigenvalue weighted by Gasteiger charge is -2.02. The van der Waals surface area contributed by atoms with E-state index in [0.29, 0.717) is 15.1 Å². The smallest absolute Gasteiger partial charge is 0.325 e. The van der Waals surface area contributed by atoms with E-state index in [4.69, 9.17) is 11.6 Å². The lowest BCUT2D eigenvalue weighted by Crippen LogP contribution is -2.20. The molecule has 98 valence electrons. The quantitative estimate of drug-likeness (QED) is 0.726. The van der Waals surface area contributed by atoms with Crippen molar-refractivity contribution in [1.82, 2.24) is 9.97 Å².